The average Bonchev–Trinajstić information content (AvgIpc) is 2.30. The molecule has 0 aliphatic heterocycles. The van der Waals surface area contributed by atoms with Gasteiger partial charge in [-0.05, 0) is 25.5 Å². The van der Waals surface area contributed by atoms with E-state index in [4.69, 9.17) is 0 Å². The van der Waals surface area contributed by atoms with Gasteiger partial charge >= 0.3 is 0 Å². The lowest BCUT2D eigenvalue weighted by molar-refractivity contribution is 0.0556. The number of hydrogen-bond acceptors (Lipinski definition) is 1. The molecule has 0 bridgehead atoms. The number of halogens is 2. The van der Waals surface area contributed by atoms with Gasteiger partial charge in [-0.1, -0.05) is 37.5 Å². The van der Waals surface area contributed by atoms with Crippen LogP contribution in [0.3, 0.4) is 0 Å². The van der Waals surface area contributed by atoms with E-state index in [0.29, 0.717) is 6.61 Å². The molecule has 0 amide bonds. The van der Waals surface area contributed by atoms with Gasteiger partial charge in [0, 0.05) is 6.61 Å². The van der Waals surface area contributed by atoms with Crippen LogP contribution >= 0.6 is 0 Å². The highest BCUT2D eigenvalue weighted by atomic mass is 19.1. The zero-order valence-corrected chi connectivity index (χ0v) is 10.0. The molecule has 0 heterocycles. The number of unbranched alkanes of at least 4 members (excludes halogenated alkanes) is 2. The van der Waals surface area contributed by atoms with E-state index in [2.05, 4.69) is 11.7 Å². The second-order valence-electron chi connectivity index (χ2n) is 3.52. The lowest BCUT2D eigenvalue weighted by Gasteiger charge is -1.95. The maximum absolute atomic E-state index is 12.1. The molecule has 0 fully saturated rings. The van der Waals surface area contributed by atoms with Gasteiger partial charge in [-0.3, -0.25) is 0 Å². The highest BCUT2D eigenvalue weighted by molar-refractivity contribution is 5.13. The molecule has 16 heavy (non-hydrogen) atoms. The predicted molar refractivity (Wildman–Crippen MR) is 62.6 cm³/mol. The van der Waals surface area contributed by atoms with E-state index in [1.165, 1.54) is 12.1 Å². The Morgan fingerprint density at radius 2 is 1.75 bits per heavy atom. The molecule has 1 aromatic carbocycles. The highest BCUT2D eigenvalue weighted by Crippen LogP contribution is 1.99. The molecule has 1 aromatic rings. The fraction of sp³-hybridized carbons (Fsp3) is 0.538. The monoisotopic (exact) mass is 230 g/mol. The summed E-state index contributed by atoms with van der Waals surface area (Å²) >= 11 is 0. The number of benzene rings is 1. The predicted octanol–water partition coefficient (Wildman–Crippen LogP) is 4.25. The van der Waals surface area contributed by atoms with E-state index < -0.39 is 6.86 Å². The van der Waals surface area contributed by atoms with Crippen LogP contribution in [-0.2, 0) is 4.74 Å². The van der Waals surface area contributed by atoms with Gasteiger partial charge in [0.1, 0.15) is 5.82 Å². The Bertz CT molecular complexity index is 220. The van der Waals surface area contributed by atoms with Crippen LogP contribution in [0.25, 0.3) is 0 Å². The summed E-state index contributed by atoms with van der Waals surface area (Å²) in [5, 5.41) is 0. The summed E-state index contributed by atoms with van der Waals surface area (Å²) < 4.78 is 27.8. The second-order valence-corrected chi connectivity index (χ2v) is 3.52. The molecule has 0 spiro atoms. The molecule has 0 aliphatic carbocycles. The third-order valence-electron chi connectivity index (χ3n) is 1.98. The standard InChI is InChI=1S/C7H7F.C6H13FO/c1-6-2-4-7(8)5-3-6;1-2-3-4-5-8-6-7/h2-5H,1H3;2-6H2,1H3. The van der Waals surface area contributed by atoms with E-state index in [1.807, 2.05) is 6.92 Å². The number of alkyl halides is 1. The van der Waals surface area contributed by atoms with Gasteiger partial charge < -0.3 is 4.74 Å². The first-order chi connectivity index (χ1) is 7.70. The SMILES string of the molecule is CCCCCOCF.Cc1ccc(F)cc1. The van der Waals surface area contributed by atoms with E-state index in [-0.39, 0.29) is 5.82 Å². The maximum atomic E-state index is 12.1. The lowest BCUT2D eigenvalue weighted by Crippen LogP contribution is -1.90. The van der Waals surface area contributed by atoms with Gasteiger partial charge in [0.25, 0.3) is 0 Å². The van der Waals surface area contributed by atoms with E-state index in [1.54, 1.807) is 12.1 Å². The van der Waals surface area contributed by atoms with Crippen LogP contribution < -0.4 is 0 Å². The van der Waals surface area contributed by atoms with Gasteiger partial charge in [0.15, 0.2) is 6.86 Å². The quantitative estimate of drug-likeness (QED) is 0.687. The molecule has 0 radical (unpaired) electrons. The minimum absolute atomic E-state index is 0.171. The van der Waals surface area contributed by atoms with Crippen LogP contribution in [0.5, 0.6) is 0 Å². The van der Waals surface area contributed by atoms with Crippen molar-refractivity contribution in [1.29, 1.82) is 0 Å². The molecule has 0 saturated carbocycles. The smallest absolute Gasteiger partial charge is 0.188 e. The van der Waals surface area contributed by atoms with Gasteiger partial charge in [0.2, 0.25) is 0 Å². The first-order valence-electron chi connectivity index (χ1n) is 5.56. The van der Waals surface area contributed by atoms with Crippen molar-refractivity contribution in [3.8, 4) is 0 Å². The van der Waals surface area contributed by atoms with Crippen LogP contribution in [0.15, 0.2) is 24.3 Å². The maximum Gasteiger partial charge on any atom is 0.188 e. The number of rotatable bonds is 5. The highest BCUT2D eigenvalue weighted by Gasteiger charge is 1.84. The molecule has 0 saturated heterocycles. The topological polar surface area (TPSA) is 9.23 Å². The fourth-order valence-electron chi connectivity index (χ4n) is 1.04. The summed E-state index contributed by atoms with van der Waals surface area (Å²) in [6, 6.07) is 6.40. The summed E-state index contributed by atoms with van der Waals surface area (Å²) in [4.78, 5) is 0. The molecule has 3 heteroatoms. The van der Waals surface area contributed by atoms with Crippen molar-refractivity contribution in [1.82, 2.24) is 0 Å². The van der Waals surface area contributed by atoms with Crippen LogP contribution in [0, 0.1) is 12.7 Å². The van der Waals surface area contributed by atoms with Gasteiger partial charge in [-0.25, -0.2) is 8.78 Å². The van der Waals surface area contributed by atoms with E-state index in [0.717, 1.165) is 24.8 Å². The van der Waals surface area contributed by atoms with Gasteiger partial charge in [0.05, 0.1) is 0 Å². The molecular weight excluding hydrogens is 210 g/mol. The molecule has 92 valence electrons. The van der Waals surface area contributed by atoms with Crippen LogP contribution in [0.4, 0.5) is 8.78 Å². The minimum Gasteiger partial charge on any atom is -0.350 e. The second kappa shape index (κ2) is 10.6. The Balaban J connectivity index is 0.000000281. The average molecular weight is 230 g/mol. The van der Waals surface area contributed by atoms with Gasteiger partial charge in [-0.2, -0.15) is 0 Å². The van der Waals surface area contributed by atoms with Crippen molar-refractivity contribution in [2.24, 2.45) is 0 Å². The molecule has 1 nitrogen and oxygen atoms in total. The Kier molecular flexibility index (Phi) is 9.92. The summed E-state index contributed by atoms with van der Waals surface area (Å²) in [6.07, 6.45) is 3.29. The normalized spacial score (nSPS) is 9.50. The molecule has 0 aromatic heterocycles. The van der Waals surface area contributed by atoms with Crippen molar-refractivity contribution in [2.75, 3.05) is 13.5 Å². The molecular formula is C13H20F2O. The van der Waals surface area contributed by atoms with E-state index in [9.17, 15) is 8.78 Å². The van der Waals surface area contributed by atoms with Crippen LogP contribution in [-0.4, -0.2) is 13.5 Å². The number of ether oxygens (including phenoxy) is 1. The van der Waals surface area contributed by atoms with Crippen molar-refractivity contribution in [3.63, 3.8) is 0 Å². The molecule has 0 unspecified atom stereocenters. The first-order valence-corrected chi connectivity index (χ1v) is 5.56. The first kappa shape index (κ1) is 15.0. The summed E-state index contributed by atoms with van der Waals surface area (Å²) in [5.74, 6) is -0.171. The Labute approximate surface area is 96.4 Å². The zero-order valence-electron chi connectivity index (χ0n) is 10.0. The van der Waals surface area contributed by atoms with Crippen molar-refractivity contribution < 1.29 is 13.5 Å². The fourth-order valence-corrected chi connectivity index (χ4v) is 1.04. The van der Waals surface area contributed by atoms with Crippen molar-refractivity contribution in [3.05, 3.63) is 35.6 Å². The number of hydrogen-bond donors (Lipinski definition) is 0. The van der Waals surface area contributed by atoms with Crippen molar-refractivity contribution >= 4 is 0 Å². The van der Waals surface area contributed by atoms with Crippen molar-refractivity contribution in [2.45, 2.75) is 33.1 Å². The molecule has 1 rings (SSSR count). The Hall–Kier alpha value is -0.960. The van der Waals surface area contributed by atoms with E-state index >= 15 is 0 Å². The summed E-state index contributed by atoms with van der Waals surface area (Å²) in [6.45, 7) is 3.98. The number of aryl methyl sites for hydroxylation is 1. The zero-order chi connectivity index (χ0) is 12.2. The van der Waals surface area contributed by atoms with Crippen LogP contribution in [0.1, 0.15) is 31.7 Å². The summed E-state index contributed by atoms with van der Waals surface area (Å²) in [5.41, 5.74) is 1.09. The van der Waals surface area contributed by atoms with Gasteiger partial charge in [-0.15, -0.1) is 0 Å². The molecule has 0 aliphatic rings. The Morgan fingerprint density at radius 3 is 2.19 bits per heavy atom. The third kappa shape index (κ3) is 9.59. The third-order valence-corrected chi connectivity index (χ3v) is 1.98. The Morgan fingerprint density at radius 1 is 1.12 bits per heavy atom. The molecule has 0 N–H and O–H groups in total. The largest absolute Gasteiger partial charge is 0.350 e. The lowest BCUT2D eigenvalue weighted by atomic mass is 10.2. The van der Waals surface area contributed by atoms with Crippen LogP contribution in [0.2, 0.25) is 0 Å². The minimum atomic E-state index is -0.635. The summed E-state index contributed by atoms with van der Waals surface area (Å²) in [7, 11) is 0. The molecule has 0 atom stereocenters.